The molecule has 2 aromatic rings. The molecule has 2 aromatic carbocycles. The Morgan fingerprint density at radius 2 is 2.10 bits per heavy atom. The fourth-order valence-corrected chi connectivity index (χ4v) is 2.75. The van der Waals surface area contributed by atoms with E-state index < -0.39 is 11.9 Å². The Balaban J connectivity index is 1.97. The van der Waals surface area contributed by atoms with Crippen LogP contribution in [0.15, 0.2) is 36.4 Å². The lowest BCUT2D eigenvalue weighted by Crippen LogP contribution is -2.24. The number of ether oxygens (including phenoxy) is 2. The standard InChI is InChI=1S/C16H15ClFNO2/c1-20-9-5-6-14-11(7-9)13(19)8-15(21-14)10-3-2-4-12(17)16(10)18/h2-7,13,15H,8,19H2,1H3. The van der Waals surface area contributed by atoms with Crippen LogP contribution in [0.2, 0.25) is 5.02 Å². The highest BCUT2D eigenvalue weighted by Crippen LogP contribution is 2.42. The summed E-state index contributed by atoms with van der Waals surface area (Å²) < 4.78 is 25.2. The lowest BCUT2D eigenvalue weighted by molar-refractivity contribution is 0.157. The fourth-order valence-electron chi connectivity index (χ4n) is 2.57. The van der Waals surface area contributed by atoms with Crippen LogP contribution < -0.4 is 15.2 Å². The molecule has 0 bridgehead atoms. The van der Waals surface area contributed by atoms with Crippen LogP contribution in [-0.2, 0) is 0 Å². The van der Waals surface area contributed by atoms with Crippen molar-refractivity contribution in [3.8, 4) is 11.5 Å². The van der Waals surface area contributed by atoms with Crippen LogP contribution in [0.25, 0.3) is 0 Å². The Morgan fingerprint density at radius 1 is 1.29 bits per heavy atom. The van der Waals surface area contributed by atoms with Gasteiger partial charge in [0.05, 0.1) is 12.1 Å². The first-order valence-corrected chi connectivity index (χ1v) is 7.02. The molecule has 0 saturated carbocycles. The largest absolute Gasteiger partial charge is 0.497 e. The van der Waals surface area contributed by atoms with Gasteiger partial charge in [-0.2, -0.15) is 0 Å². The minimum Gasteiger partial charge on any atom is -0.497 e. The molecule has 2 atom stereocenters. The van der Waals surface area contributed by atoms with E-state index in [2.05, 4.69) is 0 Å². The van der Waals surface area contributed by atoms with Crippen molar-refractivity contribution in [2.45, 2.75) is 18.6 Å². The molecule has 0 fully saturated rings. The van der Waals surface area contributed by atoms with Gasteiger partial charge < -0.3 is 15.2 Å². The molecule has 2 unspecified atom stereocenters. The molecule has 1 aliphatic heterocycles. The number of benzene rings is 2. The second-order valence-electron chi connectivity index (χ2n) is 5.00. The van der Waals surface area contributed by atoms with E-state index >= 15 is 0 Å². The predicted molar refractivity (Wildman–Crippen MR) is 79.3 cm³/mol. The van der Waals surface area contributed by atoms with E-state index in [4.69, 9.17) is 26.8 Å². The number of nitrogens with two attached hydrogens (primary N) is 1. The number of fused-ring (bicyclic) bond motifs is 1. The van der Waals surface area contributed by atoms with E-state index in [9.17, 15) is 4.39 Å². The number of hydrogen-bond acceptors (Lipinski definition) is 3. The molecule has 0 aromatic heterocycles. The summed E-state index contributed by atoms with van der Waals surface area (Å²) in [4.78, 5) is 0. The van der Waals surface area contributed by atoms with Crippen molar-refractivity contribution in [3.05, 3.63) is 58.4 Å². The van der Waals surface area contributed by atoms with Crippen molar-refractivity contribution in [1.29, 1.82) is 0 Å². The van der Waals surface area contributed by atoms with Crippen molar-refractivity contribution in [3.63, 3.8) is 0 Å². The lowest BCUT2D eigenvalue weighted by Gasteiger charge is -2.31. The maximum atomic E-state index is 14.1. The summed E-state index contributed by atoms with van der Waals surface area (Å²) in [5.41, 5.74) is 7.49. The Morgan fingerprint density at radius 3 is 2.86 bits per heavy atom. The molecule has 2 N–H and O–H groups in total. The van der Waals surface area contributed by atoms with Gasteiger partial charge in [0.1, 0.15) is 23.4 Å². The van der Waals surface area contributed by atoms with Gasteiger partial charge in [-0.3, -0.25) is 0 Å². The molecule has 0 spiro atoms. The van der Waals surface area contributed by atoms with Gasteiger partial charge >= 0.3 is 0 Å². The van der Waals surface area contributed by atoms with Crippen LogP contribution in [0, 0.1) is 5.82 Å². The summed E-state index contributed by atoms with van der Waals surface area (Å²) in [5.74, 6) is 0.924. The van der Waals surface area contributed by atoms with Crippen LogP contribution in [0.4, 0.5) is 4.39 Å². The van der Waals surface area contributed by atoms with Gasteiger partial charge in [0.15, 0.2) is 0 Å². The van der Waals surface area contributed by atoms with Gasteiger partial charge in [0, 0.05) is 23.6 Å². The zero-order valence-electron chi connectivity index (χ0n) is 11.5. The van der Waals surface area contributed by atoms with E-state index in [1.54, 1.807) is 31.4 Å². The molecule has 0 amide bonds. The average Bonchev–Trinajstić information content (AvgIpc) is 2.49. The number of rotatable bonds is 2. The smallest absolute Gasteiger partial charge is 0.148 e. The fraction of sp³-hybridized carbons (Fsp3) is 0.250. The first-order valence-electron chi connectivity index (χ1n) is 6.64. The molecular formula is C16H15ClFNO2. The number of halogens is 2. The third-order valence-corrected chi connectivity index (χ3v) is 3.97. The molecule has 0 saturated heterocycles. The van der Waals surface area contributed by atoms with Crippen molar-refractivity contribution < 1.29 is 13.9 Å². The van der Waals surface area contributed by atoms with E-state index in [0.29, 0.717) is 17.7 Å². The Bertz CT molecular complexity index is 677. The van der Waals surface area contributed by atoms with Gasteiger partial charge in [-0.05, 0) is 24.3 Å². The molecule has 1 heterocycles. The van der Waals surface area contributed by atoms with E-state index in [1.165, 1.54) is 6.07 Å². The molecule has 3 rings (SSSR count). The lowest BCUT2D eigenvalue weighted by atomic mass is 9.93. The van der Waals surface area contributed by atoms with Crippen molar-refractivity contribution in [1.82, 2.24) is 0 Å². The second kappa shape index (κ2) is 5.54. The molecule has 5 heteroatoms. The zero-order chi connectivity index (χ0) is 15.0. The topological polar surface area (TPSA) is 44.5 Å². The summed E-state index contributed by atoms with van der Waals surface area (Å²) in [6.45, 7) is 0. The molecule has 21 heavy (non-hydrogen) atoms. The predicted octanol–water partition coefficient (Wildman–Crippen LogP) is 4.01. The average molecular weight is 308 g/mol. The van der Waals surface area contributed by atoms with Gasteiger partial charge in [-0.15, -0.1) is 0 Å². The van der Waals surface area contributed by atoms with Crippen molar-refractivity contribution in [2.75, 3.05) is 7.11 Å². The van der Waals surface area contributed by atoms with Gasteiger partial charge in [-0.1, -0.05) is 23.7 Å². The van der Waals surface area contributed by atoms with Crippen LogP contribution in [0.1, 0.15) is 29.7 Å². The number of methoxy groups -OCH3 is 1. The van der Waals surface area contributed by atoms with E-state index in [1.807, 2.05) is 6.07 Å². The van der Waals surface area contributed by atoms with E-state index in [-0.39, 0.29) is 11.1 Å². The Hall–Kier alpha value is -1.78. The van der Waals surface area contributed by atoms with Gasteiger partial charge in [-0.25, -0.2) is 4.39 Å². The van der Waals surface area contributed by atoms with Gasteiger partial charge in [0.25, 0.3) is 0 Å². The summed E-state index contributed by atoms with van der Waals surface area (Å²) >= 11 is 5.83. The molecule has 3 nitrogen and oxygen atoms in total. The van der Waals surface area contributed by atoms with Gasteiger partial charge in [0.2, 0.25) is 0 Å². The first kappa shape index (κ1) is 14.2. The summed E-state index contributed by atoms with van der Waals surface area (Å²) in [7, 11) is 1.60. The van der Waals surface area contributed by atoms with Crippen molar-refractivity contribution >= 4 is 11.6 Å². The highest BCUT2D eigenvalue weighted by atomic mass is 35.5. The quantitative estimate of drug-likeness (QED) is 0.911. The Labute approximate surface area is 127 Å². The minimum absolute atomic E-state index is 0.0881. The maximum absolute atomic E-state index is 14.1. The molecule has 110 valence electrons. The summed E-state index contributed by atoms with van der Waals surface area (Å²) in [6, 6.07) is 10.1. The molecule has 1 aliphatic rings. The SMILES string of the molecule is COc1ccc2c(c1)C(N)CC(c1cccc(Cl)c1F)O2. The third kappa shape index (κ3) is 2.57. The first-order chi connectivity index (χ1) is 10.1. The maximum Gasteiger partial charge on any atom is 0.148 e. The third-order valence-electron chi connectivity index (χ3n) is 3.68. The Kier molecular flexibility index (Phi) is 3.74. The van der Waals surface area contributed by atoms with Crippen LogP contribution in [-0.4, -0.2) is 7.11 Å². The molecule has 0 aliphatic carbocycles. The summed E-state index contributed by atoms with van der Waals surface area (Å²) in [5, 5.41) is 0.0881. The highest BCUT2D eigenvalue weighted by Gasteiger charge is 2.29. The van der Waals surface area contributed by atoms with Crippen LogP contribution >= 0.6 is 11.6 Å². The number of hydrogen-bond donors (Lipinski definition) is 1. The van der Waals surface area contributed by atoms with Crippen LogP contribution in [0.3, 0.4) is 0 Å². The molecular weight excluding hydrogens is 293 g/mol. The normalized spacial score (nSPS) is 20.6. The van der Waals surface area contributed by atoms with Crippen LogP contribution in [0.5, 0.6) is 11.5 Å². The minimum atomic E-state index is -0.451. The second-order valence-corrected chi connectivity index (χ2v) is 5.40. The van der Waals surface area contributed by atoms with E-state index in [0.717, 1.165) is 11.3 Å². The summed E-state index contributed by atoms with van der Waals surface area (Å²) in [6.07, 6.45) is 0.0387. The van der Waals surface area contributed by atoms with Crippen molar-refractivity contribution in [2.24, 2.45) is 5.73 Å². The highest BCUT2D eigenvalue weighted by molar-refractivity contribution is 6.30. The monoisotopic (exact) mass is 307 g/mol. The zero-order valence-corrected chi connectivity index (χ0v) is 12.2. The molecule has 0 radical (unpaired) electrons.